The molecule has 216 valence electrons. The Labute approximate surface area is 233 Å². The van der Waals surface area contributed by atoms with Crippen molar-refractivity contribution in [2.45, 2.75) is 76.9 Å². The molecule has 0 saturated carbocycles. The third-order valence-corrected chi connectivity index (χ3v) is 7.94. The lowest BCUT2D eigenvalue weighted by atomic mass is 9.95. The fourth-order valence-corrected chi connectivity index (χ4v) is 5.71. The number of aryl methyl sites for hydroxylation is 1. The van der Waals surface area contributed by atoms with Crippen LogP contribution in [-0.4, -0.2) is 50.0 Å². The van der Waals surface area contributed by atoms with Crippen LogP contribution < -0.4 is 4.90 Å². The van der Waals surface area contributed by atoms with Crippen LogP contribution in [0.2, 0.25) is 5.02 Å². The number of rotatable bonds is 5. The summed E-state index contributed by atoms with van der Waals surface area (Å²) in [5.41, 5.74) is 1.18. The second-order valence-corrected chi connectivity index (χ2v) is 10.8. The van der Waals surface area contributed by atoms with Gasteiger partial charge in [-0.15, -0.1) is 10.2 Å². The topological polar surface area (TPSA) is 50.1 Å². The van der Waals surface area contributed by atoms with Crippen LogP contribution in [0, 0.1) is 0 Å². The Bertz CT molecular complexity index is 1360. The molecule has 40 heavy (non-hydrogen) atoms. The monoisotopic (exact) mass is 586 g/mol. The largest absolute Gasteiger partial charge is 0.433 e. The van der Waals surface area contributed by atoms with Crippen molar-refractivity contribution in [1.29, 1.82) is 0 Å². The number of piperidine rings is 1. The number of alkyl halides is 6. The third-order valence-electron chi connectivity index (χ3n) is 7.70. The number of anilines is 1. The summed E-state index contributed by atoms with van der Waals surface area (Å²) in [7, 11) is 0. The Morgan fingerprint density at radius 3 is 2.38 bits per heavy atom. The zero-order valence-electron chi connectivity index (χ0n) is 22.0. The molecule has 2 aromatic heterocycles. The summed E-state index contributed by atoms with van der Waals surface area (Å²) < 4.78 is 83.0. The lowest BCUT2D eigenvalue weighted by Crippen LogP contribution is -2.42. The molecule has 0 radical (unpaired) electrons. The van der Waals surface area contributed by atoms with E-state index in [9.17, 15) is 26.3 Å². The Hall–Kier alpha value is -2.86. The number of pyridine rings is 1. The molecule has 1 atom stereocenters. The smallest absolute Gasteiger partial charge is 0.356 e. The van der Waals surface area contributed by atoms with Crippen molar-refractivity contribution in [1.82, 2.24) is 24.6 Å². The van der Waals surface area contributed by atoms with Crippen molar-refractivity contribution in [2.24, 2.45) is 0 Å². The van der Waals surface area contributed by atoms with Crippen LogP contribution >= 0.6 is 11.6 Å². The molecule has 6 nitrogen and oxygen atoms in total. The Morgan fingerprint density at radius 2 is 1.73 bits per heavy atom. The van der Waals surface area contributed by atoms with Crippen LogP contribution in [0.4, 0.5) is 32.2 Å². The van der Waals surface area contributed by atoms with Gasteiger partial charge in [-0.25, -0.2) is 4.98 Å². The standard InChI is InChI=1S/C27H29ClF6N6/c1-3-4-17-5-8-22(27(32,33)34)35-24(17)38-11-9-18(10-12-38)25-37-36-23-15-39(16(2)26(29,30)31)14-19-13-20(28)6-7-21(19)40(23)25/h5-8,13,16,18H,3-4,9-12,14-15H2,1-2H3. The highest BCUT2D eigenvalue weighted by molar-refractivity contribution is 6.30. The van der Waals surface area contributed by atoms with Crippen molar-refractivity contribution in [3.63, 3.8) is 0 Å². The molecule has 3 aromatic rings. The van der Waals surface area contributed by atoms with E-state index >= 15 is 0 Å². The fourth-order valence-electron chi connectivity index (χ4n) is 5.52. The average molecular weight is 587 g/mol. The van der Waals surface area contributed by atoms with Gasteiger partial charge < -0.3 is 4.90 Å². The van der Waals surface area contributed by atoms with Gasteiger partial charge in [0.25, 0.3) is 0 Å². The van der Waals surface area contributed by atoms with Gasteiger partial charge in [0.05, 0.1) is 12.2 Å². The molecule has 1 aromatic carbocycles. The minimum absolute atomic E-state index is 0.0409. The predicted molar refractivity (Wildman–Crippen MR) is 139 cm³/mol. The molecule has 0 spiro atoms. The number of hydrogen-bond acceptors (Lipinski definition) is 5. The number of fused-ring (bicyclic) bond motifs is 3. The third kappa shape index (κ3) is 5.65. The first-order valence-corrected chi connectivity index (χ1v) is 13.6. The zero-order chi connectivity index (χ0) is 28.8. The number of aromatic nitrogens is 4. The molecule has 0 aliphatic carbocycles. The van der Waals surface area contributed by atoms with E-state index in [-0.39, 0.29) is 19.0 Å². The number of hydrogen-bond donors (Lipinski definition) is 0. The highest BCUT2D eigenvalue weighted by Gasteiger charge is 2.42. The molecule has 2 aliphatic rings. The predicted octanol–water partition coefficient (Wildman–Crippen LogP) is 6.94. The van der Waals surface area contributed by atoms with Gasteiger partial charge in [-0.3, -0.25) is 9.47 Å². The van der Waals surface area contributed by atoms with E-state index in [1.54, 1.807) is 18.2 Å². The summed E-state index contributed by atoms with van der Waals surface area (Å²) in [5.74, 6) is 1.30. The maximum absolute atomic E-state index is 13.7. The minimum atomic E-state index is -4.54. The molecule has 5 rings (SSSR count). The van der Waals surface area contributed by atoms with Gasteiger partial charge in [0.15, 0.2) is 5.82 Å². The Kier molecular flexibility index (Phi) is 7.77. The van der Waals surface area contributed by atoms with Crippen molar-refractivity contribution >= 4 is 17.4 Å². The van der Waals surface area contributed by atoms with Crippen molar-refractivity contribution in [3.05, 3.63) is 63.8 Å². The molecule has 0 amide bonds. The number of halogens is 7. The van der Waals surface area contributed by atoms with Crippen LogP contribution in [0.25, 0.3) is 5.69 Å². The first kappa shape index (κ1) is 28.7. The summed E-state index contributed by atoms with van der Waals surface area (Å²) in [5, 5.41) is 9.14. The van der Waals surface area contributed by atoms with Gasteiger partial charge in [0.2, 0.25) is 0 Å². The van der Waals surface area contributed by atoms with E-state index in [1.165, 1.54) is 11.0 Å². The summed E-state index contributed by atoms with van der Waals surface area (Å²) in [6, 6.07) is 5.96. The van der Waals surface area contributed by atoms with Gasteiger partial charge in [0.1, 0.15) is 23.4 Å². The van der Waals surface area contributed by atoms with E-state index in [1.807, 2.05) is 16.4 Å². The first-order valence-electron chi connectivity index (χ1n) is 13.2. The second-order valence-electron chi connectivity index (χ2n) is 10.4. The van der Waals surface area contributed by atoms with Crippen LogP contribution in [-0.2, 0) is 25.7 Å². The molecule has 0 N–H and O–H groups in total. The van der Waals surface area contributed by atoms with Gasteiger partial charge in [-0.2, -0.15) is 26.3 Å². The van der Waals surface area contributed by atoms with Crippen molar-refractivity contribution < 1.29 is 26.3 Å². The van der Waals surface area contributed by atoms with Crippen LogP contribution in [0.1, 0.15) is 67.5 Å². The van der Waals surface area contributed by atoms with Crippen LogP contribution in [0.5, 0.6) is 0 Å². The highest BCUT2D eigenvalue weighted by Crippen LogP contribution is 2.38. The molecular weight excluding hydrogens is 558 g/mol. The summed E-state index contributed by atoms with van der Waals surface area (Å²) in [4.78, 5) is 7.19. The Balaban J connectivity index is 1.44. The Morgan fingerprint density at radius 1 is 1.00 bits per heavy atom. The summed E-state index contributed by atoms with van der Waals surface area (Å²) >= 11 is 6.22. The molecular formula is C27H29ClF6N6. The van der Waals surface area contributed by atoms with Gasteiger partial charge >= 0.3 is 12.4 Å². The van der Waals surface area contributed by atoms with Crippen LogP contribution in [0.3, 0.4) is 0 Å². The summed E-state index contributed by atoms with van der Waals surface area (Å²) in [6.45, 7) is 4.01. The van der Waals surface area contributed by atoms with Gasteiger partial charge in [0, 0.05) is 30.6 Å². The molecule has 0 bridgehead atoms. The molecule has 1 fully saturated rings. The number of benzene rings is 1. The SMILES string of the molecule is CCCc1ccc(C(F)(F)F)nc1N1CCC(c2nnc3n2-c2ccc(Cl)cc2CN(C(C)C(F)(F)F)C3)CC1. The van der Waals surface area contributed by atoms with E-state index in [2.05, 4.69) is 15.2 Å². The molecule has 1 unspecified atom stereocenters. The fraction of sp³-hybridized carbons (Fsp3) is 0.519. The maximum Gasteiger partial charge on any atom is 0.433 e. The normalized spacial score (nSPS) is 17.9. The number of nitrogens with zero attached hydrogens (tertiary/aromatic N) is 6. The van der Waals surface area contributed by atoms with Crippen molar-refractivity contribution in [3.8, 4) is 5.69 Å². The lowest BCUT2D eigenvalue weighted by molar-refractivity contribution is -0.182. The zero-order valence-corrected chi connectivity index (χ0v) is 22.8. The average Bonchev–Trinajstić information content (AvgIpc) is 3.23. The van der Waals surface area contributed by atoms with E-state index < -0.39 is 24.1 Å². The molecule has 13 heteroatoms. The second kappa shape index (κ2) is 10.8. The van der Waals surface area contributed by atoms with Crippen molar-refractivity contribution in [2.75, 3.05) is 18.0 Å². The lowest BCUT2D eigenvalue weighted by Gasteiger charge is -2.34. The van der Waals surface area contributed by atoms with E-state index in [0.717, 1.165) is 25.0 Å². The maximum atomic E-state index is 13.7. The minimum Gasteiger partial charge on any atom is -0.356 e. The van der Waals surface area contributed by atoms with Gasteiger partial charge in [-0.05, 0) is 61.6 Å². The molecule has 4 heterocycles. The quantitative estimate of drug-likeness (QED) is 0.303. The molecule has 2 aliphatic heterocycles. The van der Waals surface area contributed by atoms with Crippen LogP contribution in [0.15, 0.2) is 30.3 Å². The van der Waals surface area contributed by atoms with E-state index in [4.69, 9.17) is 11.6 Å². The summed E-state index contributed by atoms with van der Waals surface area (Å²) in [6.07, 6.45) is -6.41. The van der Waals surface area contributed by atoms with Gasteiger partial charge in [-0.1, -0.05) is 31.0 Å². The first-order chi connectivity index (χ1) is 18.9. The van der Waals surface area contributed by atoms with E-state index in [0.29, 0.717) is 66.1 Å². The highest BCUT2D eigenvalue weighted by atomic mass is 35.5. The molecule has 1 saturated heterocycles.